The summed E-state index contributed by atoms with van der Waals surface area (Å²) in [5, 5.41) is 3.08. The molecule has 14 heavy (non-hydrogen) atoms. The highest BCUT2D eigenvalue weighted by molar-refractivity contribution is 9.10. The lowest BCUT2D eigenvalue weighted by Crippen LogP contribution is -2.16. The minimum atomic E-state index is -0.476. The van der Waals surface area contributed by atoms with Crippen molar-refractivity contribution in [3.63, 3.8) is 0 Å². The lowest BCUT2D eigenvalue weighted by molar-refractivity contribution is 0.506. The van der Waals surface area contributed by atoms with Crippen LogP contribution in [0.5, 0.6) is 0 Å². The molecule has 2 rings (SSSR count). The maximum Gasteiger partial charge on any atom is 0.132 e. The van der Waals surface area contributed by atoms with E-state index in [-0.39, 0.29) is 11.6 Å². The minimum Gasteiger partial charge on any atom is -0.310 e. The van der Waals surface area contributed by atoms with E-state index in [9.17, 15) is 8.78 Å². The van der Waals surface area contributed by atoms with Crippen LogP contribution in [0.3, 0.4) is 0 Å². The van der Waals surface area contributed by atoms with Crippen LogP contribution in [0.1, 0.15) is 24.4 Å². The lowest BCUT2D eigenvalue weighted by Gasteiger charge is -2.12. The fourth-order valence-corrected chi connectivity index (χ4v) is 2.22. The van der Waals surface area contributed by atoms with Crippen LogP contribution >= 0.6 is 15.9 Å². The Balaban J connectivity index is 2.40. The number of rotatable bonds is 1. The van der Waals surface area contributed by atoms with Crippen molar-refractivity contribution < 1.29 is 8.78 Å². The Morgan fingerprint density at radius 1 is 1.29 bits per heavy atom. The molecule has 1 atom stereocenters. The maximum atomic E-state index is 13.5. The van der Waals surface area contributed by atoms with Crippen LogP contribution in [0.25, 0.3) is 0 Å². The second-order valence-corrected chi connectivity index (χ2v) is 4.35. The molecule has 1 aromatic carbocycles. The molecule has 1 unspecified atom stereocenters. The van der Waals surface area contributed by atoms with E-state index >= 15 is 0 Å². The Hall–Kier alpha value is -0.480. The molecule has 1 nitrogen and oxygen atoms in total. The van der Waals surface area contributed by atoms with Crippen molar-refractivity contribution in [2.45, 2.75) is 18.9 Å². The summed E-state index contributed by atoms with van der Waals surface area (Å²) in [4.78, 5) is 0. The molecule has 0 aromatic heterocycles. The maximum absolute atomic E-state index is 13.5. The van der Waals surface area contributed by atoms with E-state index in [0.29, 0.717) is 4.47 Å². The first-order valence-electron chi connectivity index (χ1n) is 4.56. The summed E-state index contributed by atoms with van der Waals surface area (Å²) in [6, 6.07) is 2.44. The average molecular weight is 262 g/mol. The smallest absolute Gasteiger partial charge is 0.132 e. The van der Waals surface area contributed by atoms with E-state index in [1.807, 2.05) is 0 Å². The van der Waals surface area contributed by atoms with Gasteiger partial charge in [0.15, 0.2) is 0 Å². The third-order valence-electron chi connectivity index (χ3n) is 2.45. The van der Waals surface area contributed by atoms with E-state index in [2.05, 4.69) is 21.2 Å². The van der Waals surface area contributed by atoms with Gasteiger partial charge < -0.3 is 5.32 Å². The predicted molar refractivity (Wildman–Crippen MR) is 54.0 cm³/mol. The molecule has 0 spiro atoms. The van der Waals surface area contributed by atoms with Crippen molar-refractivity contribution in [3.8, 4) is 0 Å². The van der Waals surface area contributed by atoms with E-state index < -0.39 is 11.6 Å². The molecule has 1 aliphatic rings. The van der Waals surface area contributed by atoms with Crippen LogP contribution in [0.15, 0.2) is 16.6 Å². The van der Waals surface area contributed by atoms with Crippen LogP contribution in [-0.4, -0.2) is 6.54 Å². The number of nitrogens with one attached hydrogen (secondary N) is 1. The summed E-state index contributed by atoms with van der Waals surface area (Å²) in [5.74, 6) is -0.951. The standard InChI is InChI=1S/C10H10BrF2N/c11-6-4-7(12)10(8(13)5-6)9-2-1-3-14-9/h4-5,9,14H,1-3H2. The highest BCUT2D eigenvalue weighted by atomic mass is 79.9. The SMILES string of the molecule is Fc1cc(Br)cc(F)c1C1CCCN1. The number of benzene rings is 1. The van der Waals surface area contributed by atoms with Crippen LogP contribution in [0.4, 0.5) is 8.78 Å². The summed E-state index contributed by atoms with van der Waals surface area (Å²) in [6.45, 7) is 0.833. The summed E-state index contributed by atoms with van der Waals surface area (Å²) in [5.41, 5.74) is 0.172. The second-order valence-electron chi connectivity index (χ2n) is 3.43. The van der Waals surface area contributed by atoms with E-state index in [0.717, 1.165) is 19.4 Å². The normalized spacial score (nSPS) is 21.5. The van der Waals surface area contributed by atoms with Gasteiger partial charge in [-0.15, -0.1) is 0 Å². The average Bonchev–Trinajstić information content (AvgIpc) is 2.54. The molecule has 76 valence electrons. The van der Waals surface area contributed by atoms with Crippen LogP contribution in [-0.2, 0) is 0 Å². The van der Waals surface area contributed by atoms with Crippen LogP contribution < -0.4 is 5.32 Å². The first kappa shape index (κ1) is 10.1. The Bertz CT molecular complexity index is 325. The third kappa shape index (κ3) is 1.81. The van der Waals surface area contributed by atoms with Gasteiger partial charge in [0.1, 0.15) is 11.6 Å². The Kier molecular flexibility index (Phi) is 2.83. The molecular formula is C10H10BrF2N. The fourth-order valence-electron chi connectivity index (χ4n) is 1.82. The molecule has 1 fully saturated rings. The molecule has 0 radical (unpaired) electrons. The summed E-state index contributed by atoms with van der Waals surface area (Å²) < 4.78 is 27.3. The van der Waals surface area contributed by atoms with Crippen LogP contribution in [0, 0.1) is 11.6 Å². The van der Waals surface area contributed by atoms with Gasteiger partial charge in [-0.25, -0.2) is 8.78 Å². The van der Waals surface area contributed by atoms with Gasteiger partial charge in [-0.2, -0.15) is 0 Å². The highest BCUT2D eigenvalue weighted by Crippen LogP contribution is 2.29. The third-order valence-corrected chi connectivity index (χ3v) is 2.91. The summed E-state index contributed by atoms with van der Waals surface area (Å²) in [6.07, 6.45) is 1.77. The highest BCUT2D eigenvalue weighted by Gasteiger charge is 2.23. The summed E-state index contributed by atoms with van der Waals surface area (Å²) >= 11 is 3.06. The molecule has 1 N–H and O–H groups in total. The van der Waals surface area contributed by atoms with E-state index in [1.54, 1.807) is 0 Å². The summed E-state index contributed by atoms with van der Waals surface area (Å²) in [7, 11) is 0. The fraction of sp³-hybridized carbons (Fsp3) is 0.400. The Morgan fingerprint density at radius 3 is 2.43 bits per heavy atom. The van der Waals surface area contributed by atoms with E-state index in [1.165, 1.54) is 12.1 Å². The topological polar surface area (TPSA) is 12.0 Å². The first-order valence-corrected chi connectivity index (χ1v) is 5.35. The van der Waals surface area contributed by atoms with Crippen molar-refractivity contribution >= 4 is 15.9 Å². The molecule has 1 aliphatic heterocycles. The quantitative estimate of drug-likeness (QED) is 0.819. The Labute approximate surface area is 89.6 Å². The number of halogens is 3. The van der Waals surface area contributed by atoms with Crippen molar-refractivity contribution in [2.75, 3.05) is 6.54 Å². The van der Waals surface area contributed by atoms with Gasteiger partial charge in [-0.1, -0.05) is 15.9 Å². The molecule has 0 saturated carbocycles. The molecule has 0 amide bonds. The van der Waals surface area contributed by atoms with Crippen LogP contribution in [0.2, 0.25) is 0 Å². The van der Waals surface area contributed by atoms with Gasteiger partial charge in [-0.05, 0) is 31.5 Å². The first-order chi connectivity index (χ1) is 6.68. The van der Waals surface area contributed by atoms with E-state index in [4.69, 9.17) is 0 Å². The van der Waals surface area contributed by atoms with Gasteiger partial charge >= 0.3 is 0 Å². The van der Waals surface area contributed by atoms with Gasteiger partial charge in [0.25, 0.3) is 0 Å². The van der Waals surface area contributed by atoms with Crippen molar-refractivity contribution in [3.05, 3.63) is 33.8 Å². The zero-order valence-corrected chi connectivity index (χ0v) is 9.07. The Morgan fingerprint density at radius 2 is 1.93 bits per heavy atom. The molecule has 0 aliphatic carbocycles. The van der Waals surface area contributed by atoms with Crippen molar-refractivity contribution in [2.24, 2.45) is 0 Å². The monoisotopic (exact) mass is 261 g/mol. The minimum absolute atomic E-state index is 0.164. The van der Waals surface area contributed by atoms with Crippen molar-refractivity contribution in [1.82, 2.24) is 5.32 Å². The van der Waals surface area contributed by atoms with Gasteiger partial charge in [0, 0.05) is 16.1 Å². The molecular weight excluding hydrogens is 252 g/mol. The molecule has 1 saturated heterocycles. The zero-order valence-electron chi connectivity index (χ0n) is 7.49. The van der Waals surface area contributed by atoms with Gasteiger partial charge in [0.05, 0.1) is 0 Å². The molecule has 0 bridgehead atoms. The van der Waals surface area contributed by atoms with Crippen molar-refractivity contribution in [1.29, 1.82) is 0 Å². The molecule has 1 aromatic rings. The predicted octanol–water partition coefficient (Wildman–Crippen LogP) is 3.15. The zero-order chi connectivity index (χ0) is 10.1. The molecule has 4 heteroatoms. The van der Waals surface area contributed by atoms with Gasteiger partial charge in [0.2, 0.25) is 0 Å². The molecule has 1 heterocycles. The number of hydrogen-bond acceptors (Lipinski definition) is 1. The largest absolute Gasteiger partial charge is 0.310 e. The van der Waals surface area contributed by atoms with Gasteiger partial charge in [-0.3, -0.25) is 0 Å². The number of hydrogen-bond donors (Lipinski definition) is 1. The second kappa shape index (κ2) is 3.95. The lowest BCUT2D eigenvalue weighted by atomic mass is 10.0.